The average molecular weight is 262 g/mol. The number of hydrogen-bond acceptors (Lipinski definition) is 0. The second kappa shape index (κ2) is 4.29. The van der Waals surface area contributed by atoms with Gasteiger partial charge in [0, 0.05) is 0 Å². The molecule has 0 heterocycles. The van der Waals surface area contributed by atoms with Crippen LogP contribution < -0.4 is 0 Å². The molecule has 1 aliphatic carbocycles. The van der Waals surface area contributed by atoms with E-state index in [0.29, 0.717) is 0 Å². The van der Waals surface area contributed by atoms with Crippen LogP contribution in [0.15, 0.2) is 22.3 Å². The molecule has 0 aromatic carbocycles. The first kappa shape index (κ1) is 9.30. The third kappa shape index (κ3) is 2.62. The minimum atomic E-state index is 0.775. The second-order valence-corrected chi connectivity index (χ2v) is 4.63. The summed E-state index contributed by atoms with van der Waals surface area (Å²) in [5, 5.41) is 0. The van der Waals surface area contributed by atoms with E-state index in [1.54, 1.807) is 3.58 Å². The summed E-state index contributed by atoms with van der Waals surface area (Å²) in [6.45, 7) is 6.11. The molecule has 0 aromatic heterocycles. The van der Waals surface area contributed by atoms with Gasteiger partial charge in [-0.15, -0.1) is 6.58 Å². The first-order valence-corrected chi connectivity index (χ1v) is 5.28. The molecule has 0 fully saturated rings. The van der Waals surface area contributed by atoms with E-state index < -0.39 is 0 Å². The Bertz CT molecular complexity index is 170. The lowest BCUT2D eigenvalue weighted by Gasteiger charge is -2.23. The standard InChI is InChI=1S/C10H15I/c1-3-4-9-7-8(2)5-6-10(9)11/h3,6,8-9H,1,4-5,7H2,2H3/t8-,9+/m0/s1. The highest BCUT2D eigenvalue weighted by Gasteiger charge is 2.18. The molecule has 0 amide bonds. The molecule has 11 heavy (non-hydrogen) atoms. The van der Waals surface area contributed by atoms with Gasteiger partial charge in [-0.05, 0) is 57.3 Å². The number of halogens is 1. The Hall–Kier alpha value is 0.210. The molecule has 0 aliphatic heterocycles. The molecule has 1 aliphatic rings. The first-order chi connectivity index (χ1) is 5.24. The molecular weight excluding hydrogens is 247 g/mol. The van der Waals surface area contributed by atoms with E-state index in [1.165, 1.54) is 12.8 Å². The molecule has 0 nitrogen and oxygen atoms in total. The van der Waals surface area contributed by atoms with Gasteiger partial charge in [-0.1, -0.05) is 19.1 Å². The van der Waals surface area contributed by atoms with E-state index in [1.807, 2.05) is 6.08 Å². The van der Waals surface area contributed by atoms with Crippen LogP contribution in [-0.2, 0) is 0 Å². The highest BCUT2D eigenvalue weighted by atomic mass is 127. The first-order valence-electron chi connectivity index (χ1n) is 4.20. The summed E-state index contributed by atoms with van der Waals surface area (Å²) in [4.78, 5) is 0. The van der Waals surface area contributed by atoms with Gasteiger partial charge in [0.2, 0.25) is 0 Å². The summed E-state index contributed by atoms with van der Waals surface area (Å²) < 4.78 is 1.54. The van der Waals surface area contributed by atoms with Crippen LogP contribution in [0, 0.1) is 11.8 Å². The van der Waals surface area contributed by atoms with E-state index in [4.69, 9.17) is 0 Å². The van der Waals surface area contributed by atoms with Crippen LogP contribution in [0.3, 0.4) is 0 Å². The molecule has 0 bridgehead atoms. The van der Waals surface area contributed by atoms with Crippen LogP contribution in [0.2, 0.25) is 0 Å². The van der Waals surface area contributed by atoms with Gasteiger partial charge < -0.3 is 0 Å². The van der Waals surface area contributed by atoms with Crippen molar-refractivity contribution in [1.29, 1.82) is 0 Å². The molecule has 0 unspecified atom stereocenters. The second-order valence-electron chi connectivity index (χ2n) is 3.39. The van der Waals surface area contributed by atoms with Gasteiger partial charge in [-0.2, -0.15) is 0 Å². The van der Waals surface area contributed by atoms with Crippen molar-refractivity contribution in [3.05, 3.63) is 22.3 Å². The van der Waals surface area contributed by atoms with Crippen molar-refractivity contribution in [1.82, 2.24) is 0 Å². The Morgan fingerprint density at radius 3 is 3.18 bits per heavy atom. The minimum absolute atomic E-state index is 0.775. The fourth-order valence-electron chi connectivity index (χ4n) is 1.58. The lowest BCUT2D eigenvalue weighted by molar-refractivity contribution is 0.427. The smallest absolute Gasteiger partial charge is 0.00699 e. The SMILES string of the molecule is C=CC[C@@H]1C[C@@H](C)CC=C1I. The van der Waals surface area contributed by atoms with Crippen molar-refractivity contribution in [3.63, 3.8) is 0 Å². The normalized spacial score (nSPS) is 31.3. The molecule has 0 saturated heterocycles. The maximum Gasteiger partial charge on any atom is -0.00699 e. The topological polar surface area (TPSA) is 0 Å². The Kier molecular flexibility index (Phi) is 3.63. The Morgan fingerprint density at radius 1 is 1.82 bits per heavy atom. The molecule has 1 heteroatoms. The zero-order valence-electron chi connectivity index (χ0n) is 7.02. The van der Waals surface area contributed by atoms with E-state index in [9.17, 15) is 0 Å². The fraction of sp³-hybridized carbons (Fsp3) is 0.600. The summed E-state index contributed by atoms with van der Waals surface area (Å²) in [5.74, 6) is 1.65. The molecule has 0 radical (unpaired) electrons. The summed E-state index contributed by atoms with van der Waals surface area (Å²) >= 11 is 2.47. The summed E-state index contributed by atoms with van der Waals surface area (Å²) in [6, 6.07) is 0. The van der Waals surface area contributed by atoms with Gasteiger partial charge in [0.15, 0.2) is 0 Å². The van der Waals surface area contributed by atoms with Gasteiger partial charge in [-0.25, -0.2) is 0 Å². The number of hydrogen-bond donors (Lipinski definition) is 0. The van der Waals surface area contributed by atoms with Gasteiger partial charge in [0.1, 0.15) is 0 Å². The molecule has 0 saturated carbocycles. The maximum atomic E-state index is 3.78. The quantitative estimate of drug-likeness (QED) is 0.522. The van der Waals surface area contributed by atoms with Crippen LogP contribution >= 0.6 is 22.6 Å². The molecule has 0 spiro atoms. The lowest BCUT2D eigenvalue weighted by Crippen LogP contribution is -2.10. The molecule has 0 aromatic rings. The van der Waals surface area contributed by atoms with E-state index >= 15 is 0 Å². The van der Waals surface area contributed by atoms with Crippen molar-refractivity contribution in [3.8, 4) is 0 Å². The zero-order valence-corrected chi connectivity index (χ0v) is 9.17. The van der Waals surface area contributed by atoms with E-state index in [0.717, 1.165) is 18.3 Å². The van der Waals surface area contributed by atoms with Crippen molar-refractivity contribution in [2.75, 3.05) is 0 Å². The minimum Gasteiger partial charge on any atom is -0.103 e. The predicted molar refractivity (Wildman–Crippen MR) is 58.8 cm³/mol. The van der Waals surface area contributed by atoms with Crippen LogP contribution in [0.1, 0.15) is 26.2 Å². The monoisotopic (exact) mass is 262 g/mol. The van der Waals surface area contributed by atoms with Crippen LogP contribution in [0.5, 0.6) is 0 Å². The highest BCUT2D eigenvalue weighted by molar-refractivity contribution is 14.1. The largest absolute Gasteiger partial charge is 0.103 e. The summed E-state index contributed by atoms with van der Waals surface area (Å²) in [6.07, 6.45) is 8.18. The maximum absolute atomic E-state index is 3.78. The average Bonchev–Trinajstić information content (AvgIpc) is 1.98. The number of allylic oxidation sites excluding steroid dienone is 3. The van der Waals surface area contributed by atoms with E-state index in [-0.39, 0.29) is 0 Å². The van der Waals surface area contributed by atoms with Crippen LogP contribution in [0.25, 0.3) is 0 Å². The van der Waals surface area contributed by atoms with Crippen molar-refractivity contribution < 1.29 is 0 Å². The Labute approximate surface area is 82.9 Å². The molecule has 2 atom stereocenters. The Morgan fingerprint density at radius 2 is 2.55 bits per heavy atom. The highest BCUT2D eigenvalue weighted by Crippen LogP contribution is 2.34. The van der Waals surface area contributed by atoms with Gasteiger partial charge >= 0.3 is 0 Å². The van der Waals surface area contributed by atoms with Crippen LogP contribution in [0.4, 0.5) is 0 Å². The van der Waals surface area contributed by atoms with E-state index in [2.05, 4.69) is 42.2 Å². The lowest BCUT2D eigenvalue weighted by atomic mass is 9.86. The summed E-state index contributed by atoms with van der Waals surface area (Å²) in [5.41, 5.74) is 0. The van der Waals surface area contributed by atoms with Crippen LogP contribution in [-0.4, -0.2) is 0 Å². The number of rotatable bonds is 2. The third-order valence-electron chi connectivity index (χ3n) is 2.24. The van der Waals surface area contributed by atoms with Crippen molar-refractivity contribution >= 4 is 22.6 Å². The Balaban J connectivity index is 2.56. The molecular formula is C10H15I. The molecule has 0 N–H and O–H groups in total. The van der Waals surface area contributed by atoms with Gasteiger partial charge in [0.05, 0.1) is 0 Å². The fourth-order valence-corrected chi connectivity index (χ4v) is 2.35. The third-order valence-corrected chi connectivity index (χ3v) is 3.56. The zero-order chi connectivity index (χ0) is 8.27. The summed E-state index contributed by atoms with van der Waals surface area (Å²) in [7, 11) is 0. The van der Waals surface area contributed by atoms with Gasteiger partial charge in [-0.3, -0.25) is 0 Å². The molecule has 62 valence electrons. The van der Waals surface area contributed by atoms with Gasteiger partial charge in [0.25, 0.3) is 0 Å². The predicted octanol–water partition coefficient (Wildman–Crippen LogP) is 3.93. The van der Waals surface area contributed by atoms with Crippen molar-refractivity contribution in [2.24, 2.45) is 11.8 Å². The van der Waals surface area contributed by atoms with Crippen molar-refractivity contribution in [2.45, 2.75) is 26.2 Å². The molecule has 1 rings (SSSR count).